The van der Waals surface area contributed by atoms with Gasteiger partial charge in [-0.3, -0.25) is 18.8 Å². The molecular weight excluding hydrogens is 504 g/mol. The van der Waals surface area contributed by atoms with E-state index in [2.05, 4.69) is 10.6 Å². The molecule has 9 nitrogen and oxygen atoms in total. The van der Waals surface area contributed by atoms with Crippen molar-refractivity contribution in [2.75, 3.05) is 25.2 Å². The van der Waals surface area contributed by atoms with Crippen molar-refractivity contribution in [3.05, 3.63) is 83.6 Å². The number of esters is 1. The van der Waals surface area contributed by atoms with E-state index in [4.69, 9.17) is 9.72 Å². The summed E-state index contributed by atoms with van der Waals surface area (Å²) in [5.41, 5.74) is 4.01. The minimum Gasteiger partial charge on any atom is -0.481 e. The Morgan fingerprint density at radius 1 is 1.08 bits per heavy atom. The number of ether oxygens (including phenoxy) is 1. The summed E-state index contributed by atoms with van der Waals surface area (Å²) in [6.07, 6.45) is 3.43. The van der Waals surface area contributed by atoms with E-state index >= 15 is 0 Å². The number of aromatic nitrogens is 2. The van der Waals surface area contributed by atoms with Gasteiger partial charge in [0.05, 0.1) is 19.6 Å². The van der Waals surface area contributed by atoms with Crippen molar-refractivity contribution >= 4 is 41.1 Å². The predicted octanol–water partition coefficient (Wildman–Crippen LogP) is 4.56. The number of anilines is 1. The Balaban J connectivity index is 1.68. The maximum absolute atomic E-state index is 13.2. The Labute approximate surface area is 224 Å². The zero-order valence-electron chi connectivity index (χ0n) is 21.2. The average Bonchev–Trinajstić information content (AvgIpc) is 3.29. The number of aryl methyl sites for hydroxylation is 1. The summed E-state index contributed by atoms with van der Waals surface area (Å²) in [5, 5.41) is 15.3. The number of carbonyl (C=O) groups is 3. The quantitative estimate of drug-likeness (QED) is 0.201. The minimum atomic E-state index is -1.02. The van der Waals surface area contributed by atoms with Gasteiger partial charge in [0.15, 0.2) is 0 Å². The summed E-state index contributed by atoms with van der Waals surface area (Å²) in [6, 6.07) is 17.8. The van der Waals surface area contributed by atoms with Gasteiger partial charge in [0.2, 0.25) is 0 Å². The molecule has 2 heterocycles. The van der Waals surface area contributed by atoms with Gasteiger partial charge in [0.25, 0.3) is 5.91 Å². The summed E-state index contributed by atoms with van der Waals surface area (Å²) in [5.74, 6) is -1.28. The second kappa shape index (κ2) is 11.8. The normalized spacial score (nSPS) is 11.7. The van der Waals surface area contributed by atoms with Crippen LogP contribution in [0, 0.1) is 6.92 Å². The highest BCUT2D eigenvalue weighted by Gasteiger charge is 2.21. The molecule has 2 aromatic heterocycles. The number of hydrogen-bond acceptors (Lipinski definition) is 7. The zero-order chi connectivity index (χ0) is 27.2. The van der Waals surface area contributed by atoms with E-state index in [1.165, 1.54) is 7.11 Å². The number of methoxy groups -OCH3 is 1. The molecule has 0 saturated carbocycles. The van der Waals surface area contributed by atoms with Crippen LogP contribution in [0.3, 0.4) is 0 Å². The Kier molecular flexibility index (Phi) is 8.32. The van der Waals surface area contributed by atoms with E-state index < -0.39 is 23.9 Å². The number of rotatable bonds is 10. The fraction of sp³-hybridized carbons (Fsp3) is 0.214. The number of carboxylic acids is 1. The third-order valence-electron chi connectivity index (χ3n) is 6.04. The van der Waals surface area contributed by atoms with Crippen LogP contribution >= 0.6 is 11.8 Å². The van der Waals surface area contributed by atoms with Gasteiger partial charge in [-0.25, -0.2) is 4.98 Å². The van der Waals surface area contributed by atoms with Gasteiger partial charge in [0, 0.05) is 22.2 Å². The monoisotopic (exact) mass is 532 g/mol. The van der Waals surface area contributed by atoms with Crippen molar-refractivity contribution in [3.8, 4) is 11.3 Å². The molecule has 0 aliphatic carbocycles. The molecule has 1 atom stereocenters. The fourth-order valence-electron chi connectivity index (χ4n) is 4.00. The Morgan fingerprint density at radius 3 is 2.42 bits per heavy atom. The molecule has 0 radical (unpaired) electrons. The van der Waals surface area contributed by atoms with Gasteiger partial charge in [-0.1, -0.05) is 42.0 Å². The molecule has 2 aromatic carbocycles. The van der Waals surface area contributed by atoms with Gasteiger partial charge in [0.1, 0.15) is 23.7 Å². The van der Waals surface area contributed by atoms with E-state index in [-0.39, 0.29) is 13.0 Å². The van der Waals surface area contributed by atoms with Crippen LogP contribution in [0.25, 0.3) is 16.9 Å². The SMILES string of the molecule is COC(=O)CNc1c(-c2ccc(SC)cc2)nc2cc(C(=O)NC(CC(=O)O)c3ccc(C)cc3)ccn12. The lowest BCUT2D eigenvalue weighted by molar-refractivity contribution is -0.139. The molecule has 3 N–H and O–H groups in total. The van der Waals surface area contributed by atoms with Gasteiger partial charge < -0.3 is 20.5 Å². The molecule has 4 rings (SSSR count). The molecule has 4 aromatic rings. The van der Waals surface area contributed by atoms with Crippen molar-refractivity contribution in [3.63, 3.8) is 0 Å². The topological polar surface area (TPSA) is 122 Å². The highest BCUT2D eigenvalue weighted by molar-refractivity contribution is 7.98. The number of nitrogens with zero attached hydrogens (tertiary/aromatic N) is 2. The average molecular weight is 533 g/mol. The number of carbonyl (C=O) groups excluding carboxylic acids is 2. The van der Waals surface area contributed by atoms with Gasteiger partial charge >= 0.3 is 11.9 Å². The van der Waals surface area contributed by atoms with E-state index in [1.807, 2.05) is 61.7 Å². The predicted molar refractivity (Wildman–Crippen MR) is 147 cm³/mol. The number of aliphatic carboxylic acids is 1. The van der Waals surface area contributed by atoms with Gasteiger partial charge in [-0.15, -0.1) is 11.8 Å². The standard InChI is InChI=1S/C28H28N4O5S/c1-17-4-6-18(7-5-17)22(15-24(33)34)30-28(36)20-12-13-32-23(14-20)31-26(27(32)29-16-25(35)37-2)19-8-10-21(38-3)11-9-19/h4-14,22,29H,15-16H2,1-3H3,(H,30,36)(H,33,34). The first-order valence-electron chi connectivity index (χ1n) is 11.9. The third kappa shape index (κ3) is 6.15. The molecule has 0 saturated heterocycles. The van der Waals surface area contributed by atoms with E-state index in [0.29, 0.717) is 28.3 Å². The summed E-state index contributed by atoms with van der Waals surface area (Å²) >= 11 is 1.63. The molecule has 0 spiro atoms. The lowest BCUT2D eigenvalue weighted by Gasteiger charge is -2.18. The third-order valence-corrected chi connectivity index (χ3v) is 6.79. The van der Waals surface area contributed by atoms with Crippen LogP contribution in [0.2, 0.25) is 0 Å². The summed E-state index contributed by atoms with van der Waals surface area (Å²) < 4.78 is 6.52. The van der Waals surface area contributed by atoms with Crippen LogP contribution in [-0.4, -0.2) is 52.2 Å². The first-order valence-corrected chi connectivity index (χ1v) is 13.1. The number of imidazole rings is 1. The number of amides is 1. The number of fused-ring (bicyclic) bond motifs is 1. The van der Waals surface area contributed by atoms with Crippen LogP contribution in [0.4, 0.5) is 5.82 Å². The Bertz CT molecular complexity index is 1470. The van der Waals surface area contributed by atoms with Crippen molar-refractivity contribution in [2.24, 2.45) is 0 Å². The maximum atomic E-state index is 13.2. The van der Waals surface area contributed by atoms with Crippen molar-refractivity contribution in [2.45, 2.75) is 24.3 Å². The van der Waals surface area contributed by atoms with Crippen LogP contribution in [0.1, 0.15) is 33.9 Å². The van der Waals surface area contributed by atoms with Crippen LogP contribution < -0.4 is 10.6 Å². The summed E-state index contributed by atoms with van der Waals surface area (Å²) in [4.78, 5) is 42.3. The lowest BCUT2D eigenvalue weighted by Crippen LogP contribution is -2.30. The lowest BCUT2D eigenvalue weighted by atomic mass is 10.0. The molecule has 38 heavy (non-hydrogen) atoms. The molecule has 1 unspecified atom stereocenters. The highest BCUT2D eigenvalue weighted by atomic mass is 32.2. The number of pyridine rings is 1. The van der Waals surface area contributed by atoms with E-state index in [1.54, 1.807) is 34.5 Å². The molecule has 0 bridgehead atoms. The molecule has 10 heteroatoms. The number of hydrogen-bond donors (Lipinski definition) is 3. The van der Waals surface area contributed by atoms with Crippen molar-refractivity contribution in [1.82, 2.24) is 14.7 Å². The van der Waals surface area contributed by atoms with Crippen molar-refractivity contribution < 1.29 is 24.2 Å². The molecule has 0 fully saturated rings. The van der Waals surface area contributed by atoms with Crippen molar-refractivity contribution in [1.29, 1.82) is 0 Å². The summed E-state index contributed by atoms with van der Waals surface area (Å²) in [7, 11) is 1.32. The van der Waals surface area contributed by atoms with Gasteiger partial charge in [-0.05, 0) is 43.0 Å². The first kappa shape index (κ1) is 26.7. The zero-order valence-corrected chi connectivity index (χ0v) is 22.0. The smallest absolute Gasteiger partial charge is 0.325 e. The van der Waals surface area contributed by atoms with Crippen LogP contribution in [-0.2, 0) is 14.3 Å². The van der Waals surface area contributed by atoms with Gasteiger partial charge in [-0.2, -0.15) is 0 Å². The summed E-state index contributed by atoms with van der Waals surface area (Å²) in [6.45, 7) is 1.88. The first-order chi connectivity index (χ1) is 18.3. The molecule has 0 aliphatic rings. The Morgan fingerprint density at radius 2 is 1.79 bits per heavy atom. The number of nitrogens with one attached hydrogen (secondary N) is 2. The fourth-order valence-corrected chi connectivity index (χ4v) is 4.41. The molecule has 0 aliphatic heterocycles. The van der Waals surface area contributed by atoms with E-state index in [9.17, 15) is 19.5 Å². The highest BCUT2D eigenvalue weighted by Crippen LogP contribution is 2.30. The molecular formula is C28H28N4O5S. The molecule has 1 amide bonds. The number of carboxylic acid groups (broad SMARTS) is 1. The number of thioether (sulfide) groups is 1. The Hall–Kier alpha value is -4.31. The van der Waals surface area contributed by atoms with Crippen LogP contribution in [0.5, 0.6) is 0 Å². The maximum Gasteiger partial charge on any atom is 0.325 e. The minimum absolute atomic E-state index is 0.0597. The number of benzene rings is 2. The van der Waals surface area contributed by atoms with E-state index in [0.717, 1.165) is 16.0 Å². The second-order valence-corrected chi connectivity index (χ2v) is 9.53. The molecule has 196 valence electrons. The largest absolute Gasteiger partial charge is 0.481 e. The van der Waals surface area contributed by atoms with Crippen LogP contribution in [0.15, 0.2) is 71.8 Å². The second-order valence-electron chi connectivity index (χ2n) is 8.65.